The third-order valence-corrected chi connectivity index (χ3v) is 8.61. The first-order valence-corrected chi connectivity index (χ1v) is 12.9. The van der Waals surface area contributed by atoms with Gasteiger partial charge in [-0.2, -0.15) is 0 Å². The van der Waals surface area contributed by atoms with Crippen molar-refractivity contribution in [3.05, 3.63) is 103 Å². The third kappa shape index (κ3) is 2.27. The standard InChI is InChI=1S/C32H17N3S/c1-2-8-18(9-3-1)19-14-15-26-21(16-19)28-27(36-26)17-22-30-32(34-24-12-6-5-11-23(24)33-30)35-25-13-7-4-10-20(25)29(28)31(22)35/h1-17H. The van der Waals surface area contributed by atoms with Crippen molar-refractivity contribution >= 4 is 80.9 Å². The molecule has 0 radical (unpaired) electrons. The largest absolute Gasteiger partial charge is 0.291 e. The van der Waals surface area contributed by atoms with Gasteiger partial charge in [-0.15, -0.1) is 11.3 Å². The molecular weight excluding hydrogens is 458 g/mol. The Kier molecular flexibility index (Phi) is 3.42. The molecule has 4 aromatic heterocycles. The molecule has 0 atom stereocenters. The van der Waals surface area contributed by atoms with Crippen LogP contribution in [-0.4, -0.2) is 14.4 Å². The summed E-state index contributed by atoms with van der Waals surface area (Å²) in [6.07, 6.45) is 0. The molecule has 166 valence electrons. The van der Waals surface area contributed by atoms with Gasteiger partial charge in [-0.1, -0.05) is 66.7 Å². The molecule has 9 aromatic rings. The van der Waals surface area contributed by atoms with Gasteiger partial charge < -0.3 is 0 Å². The van der Waals surface area contributed by atoms with Gasteiger partial charge >= 0.3 is 0 Å². The van der Waals surface area contributed by atoms with Gasteiger partial charge in [0.25, 0.3) is 0 Å². The van der Waals surface area contributed by atoms with E-state index in [1.165, 1.54) is 58.5 Å². The lowest BCUT2D eigenvalue weighted by Gasteiger charge is -2.03. The second-order valence-electron chi connectivity index (χ2n) is 9.44. The highest BCUT2D eigenvalue weighted by Gasteiger charge is 2.23. The summed E-state index contributed by atoms with van der Waals surface area (Å²) in [6.45, 7) is 0. The Morgan fingerprint density at radius 3 is 2.22 bits per heavy atom. The lowest BCUT2D eigenvalue weighted by molar-refractivity contribution is 1.28. The molecule has 0 unspecified atom stereocenters. The maximum absolute atomic E-state index is 5.11. The van der Waals surface area contributed by atoms with Gasteiger partial charge in [0, 0.05) is 36.3 Å². The van der Waals surface area contributed by atoms with Gasteiger partial charge in [0.1, 0.15) is 5.52 Å². The molecule has 0 saturated carbocycles. The molecule has 3 nitrogen and oxygen atoms in total. The smallest absolute Gasteiger partial charge is 0.165 e. The van der Waals surface area contributed by atoms with E-state index in [0.29, 0.717) is 0 Å². The van der Waals surface area contributed by atoms with E-state index in [4.69, 9.17) is 9.97 Å². The molecule has 0 aliphatic heterocycles. The predicted octanol–water partition coefficient (Wildman–Crippen LogP) is 8.81. The monoisotopic (exact) mass is 475 g/mol. The molecule has 0 bridgehead atoms. The molecule has 0 aliphatic carbocycles. The SMILES string of the molecule is c1ccc(-c2ccc3sc4cc5c6nc7ccccc7nc6n6c7ccccc7c(c4c3c2)c56)cc1. The zero-order valence-electron chi connectivity index (χ0n) is 19.1. The van der Waals surface area contributed by atoms with Crippen molar-refractivity contribution < 1.29 is 0 Å². The lowest BCUT2D eigenvalue weighted by atomic mass is 10.00. The van der Waals surface area contributed by atoms with Crippen LogP contribution < -0.4 is 0 Å². The van der Waals surface area contributed by atoms with E-state index in [9.17, 15) is 0 Å². The van der Waals surface area contributed by atoms with Crippen molar-refractivity contribution in [3.63, 3.8) is 0 Å². The normalized spacial score (nSPS) is 12.4. The van der Waals surface area contributed by atoms with E-state index in [0.717, 1.165) is 22.2 Å². The van der Waals surface area contributed by atoms with Crippen LogP contribution in [0.15, 0.2) is 103 Å². The second-order valence-corrected chi connectivity index (χ2v) is 10.5. The first-order chi connectivity index (χ1) is 17.8. The van der Waals surface area contributed by atoms with Crippen molar-refractivity contribution in [2.75, 3.05) is 0 Å². The average molecular weight is 476 g/mol. The molecule has 0 fully saturated rings. The number of hydrogen-bond acceptors (Lipinski definition) is 3. The lowest BCUT2D eigenvalue weighted by Crippen LogP contribution is -1.88. The predicted molar refractivity (Wildman–Crippen MR) is 153 cm³/mol. The zero-order valence-corrected chi connectivity index (χ0v) is 19.9. The van der Waals surface area contributed by atoms with E-state index in [-0.39, 0.29) is 0 Å². The molecule has 4 heteroatoms. The number of nitrogens with zero attached hydrogens (tertiary/aromatic N) is 3. The maximum atomic E-state index is 5.11. The zero-order chi connectivity index (χ0) is 23.4. The second kappa shape index (κ2) is 6.56. The number of rotatable bonds is 1. The van der Waals surface area contributed by atoms with Crippen molar-refractivity contribution in [2.24, 2.45) is 0 Å². The molecule has 0 aliphatic rings. The molecule has 9 rings (SSSR count). The van der Waals surface area contributed by atoms with Crippen molar-refractivity contribution in [2.45, 2.75) is 0 Å². The van der Waals surface area contributed by atoms with Crippen molar-refractivity contribution in [1.82, 2.24) is 14.4 Å². The van der Waals surface area contributed by atoms with Gasteiger partial charge in [-0.3, -0.25) is 4.40 Å². The van der Waals surface area contributed by atoms with Crippen molar-refractivity contribution in [3.8, 4) is 11.1 Å². The van der Waals surface area contributed by atoms with Crippen LogP contribution in [-0.2, 0) is 0 Å². The van der Waals surface area contributed by atoms with Gasteiger partial charge in [0.05, 0.1) is 22.1 Å². The van der Waals surface area contributed by atoms with Crippen molar-refractivity contribution in [1.29, 1.82) is 0 Å². The highest BCUT2D eigenvalue weighted by molar-refractivity contribution is 7.26. The van der Waals surface area contributed by atoms with Crippen LogP contribution in [0.3, 0.4) is 0 Å². The molecular formula is C32H17N3S. The minimum Gasteiger partial charge on any atom is -0.291 e. The molecule has 4 heterocycles. The van der Waals surface area contributed by atoms with Crippen LogP contribution in [0.2, 0.25) is 0 Å². The summed E-state index contributed by atoms with van der Waals surface area (Å²) >= 11 is 1.87. The Bertz CT molecular complexity index is 2310. The summed E-state index contributed by atoms with van der Waals surface area (Å²) < 4.78 is 4.94. The minimum absolute atomic E-state index is 0.926. The fourth-order valence-electron chi connectivity index (χ4n) is 5.96. The van der Waals surface area contributed by atoms with Gasteiger partial charge in [-0.05, 0) is 47.5 Å². The van der Waals surface area contributed by atoms with E-state index < -0.39 is 0 Å². The fourth-order valence-corrected chi connectivity index (χ4v) is 7.10. The average Bonchev–Trinajstić information content (AvgIpc) is 3.57. The van der Waals surface area contributed by atoms with Crippen LogP contribution in [0.5, 0.6) is 0 Å². The quantitative estimate of drug-likeness (QED) is 0.237. The summed E-state index contributed by atoms with van der Waals surface area (Å²) in [4.78, 5) is 10.2. The third-order valence-electron chi connectivity index (χ3n) is 7.50. The highest BCUT2D eigenvalue weighted by atomic mass is 32.1. The van der Waals surface area contributed by atoms with Crippen LogP contribution >= 0.6 is 11.3 Å². The Morgan fingerprint density at radius 2 is 1.33 bits per heavy atom. The summed E-state index contributed by atoms with van der Waals surface area (Å²) in [6, 6.07) is 36.8. The summed E-state index contributed by atoms with van der Waals surface area (Å²) in [5, 5.41) is 6.40. The highest BCUT2D eigenvalue weighted by Crippen LogP contribution is 2.47. The molecule has 0 saturated heterocycles. The molecule has 5 aromatic carbocycles. The van der Waals surface area contributed by atoms with Gasteiger partial charge in [0.15, 0.2) is 5.65 Å². The summed E-state index contributed by atoms with van der Waals surface area (Å²) in [5.41, 5.74) is 8.66. The van der Waals surface area contributed by atoms with Crippen LogP contribution in [0.1, 0.15) is 0 Å². The Morgan fingerprint density at radius 1 is 0.556 bits per heavy atom. The van der Waals surface area contributed by atoms with E-state index in [1.54, 1.807) is 0 Å². The Balaban J connectivity index is 1.54. The number of para-hydroxylation sites is 3. The number of thiophene rings is 1. The maximum Gasteiger partial charge on any atom is 0.165 e. The van der Waals surface area contributed by atoms with E-state index in [1.807, 2.05) is 29.5 Å². The van der Waals surface area contributed by atoms with Gasteiger partial charge in [0.2, 0.25) is 0 Å². The molecule has 0 N–H and O–H groups in total. The number of benzene rings is 5. The number of aromatic nitrogens is 3. The molecule has 0 amide bonds. The van der Waals surface area contributed by atoms with Crippen LogP contribution in [0.25, 0.3) is 80.7 Å². The molecule has 36 heavy (non-hydrogen) atoms. The number of fused-ring (bicyclic) bond motifs is 11. The Labute approximate surface area is 209 Å². The van der Waals surface area contributed by atoms with Crippen LogP contribution in [0.4, 0.5) is 0 Å². The number of hydrogen-bond donors (Lipinski definition) is 0. The summed E-state index contributed by atoms with van der Waals surface area (Å²) in [5.74, 6) is 0. The fraction of sp³-hybridized carbons (Fsp3) is 0. The molecule has 0 spiro atoms. The van der Waals surface area contributed by atoms with Crippen LogP contribution in [0, 0.1) is 0 Å². The summed E-state index contributed by atoms with van der Waals surface area (Å²) in [7, 11) is 0. The first kappa shape index (κ1) is 18.7. The first-order valence-electron chi connectivity index (χ1n) is 12.1. The van der Waals surface area contributed by atoms with E-state index >= 15 is 0 Å². The van der Waals surface area contributed by atoms with E-state index in [2.05, 4.69) is 89.3 Å². The van der Waals surface area contributed by atoms with Gasteiger partial charge in [-0.25, -0.2) is 9.97 Å². The minimum atomic E-state index is 0.926. The topological polar surface area (TPSA) is 30.2 Å². The Hall–Kier alpha value is -4.54.